The summed E-state index contributed by atoms with van der Waals surface area (Å²) in [4.78, 5) is 11.5. The van der Waals surface area contributed by atoms with Crippen LogP contribution in [0.3, 0.4) is 0 Å². The first kappa shape index (κ1) is 18.4. The number of anilines is 1. The average molecular weight is 415 g/mol. The third-order valence-electron chi connectivity index (χ3n) is 4.16. The second-order valence-electron chi connectivity index (χ2n) is 6.40. The first-order chi connectivity index (χ1) is 13.1. The Morgan fingerprint density at radius 1 is 1.15 bits per heavy atom. The van der Waals surface area contributed by atoms with Gasteiger partial charge in [0.05, 0.1) is 16.8 Å². The van der Waals surface area contributed by atoms with Gasteiger partial charge in [-0.2, -0.15) is 4.98 Å². The molecule has 7 heteroatoms. The summed E-state index contributed by atoms with van der Waals surface area (Å²) in [7, 11) is 0. The van der Waals surface area contributed by atoms with Crippen LogP contribution in [0.1, 0.15) is 16.7 Å². The van der Waals surface area contributed by atoms with E-state index in [1.54, 1.807) is 22.7 Å². The predicted molar refractivity (Wildman–Crippen MR) is 117 cm³/mol. The number of nitrogens with two attached hydrogens (primary N) is 1. The van der Waals surface area contributed by atoms with Crippen LogP contribution in [0.15, 0.2) is 47.8 Å². The van der Waals surface area contributed by atoms with Gasteiger partial charge in [-0.05, 0) is 42.0 Å². The molecule has 0 aliphatic heterocycles. The third-order valence-corrected chi connectivity index (χ3v) is 6.41. The largest absolute Gasteiger partial charge is 0.364 e. The van der Waals surface area contributed by atoms with E-state index < -0.39 is 0 Å². The number of aromatic nitrogens is 2. The van der Waals surface area contributed by atoms with E-state index in [9.17, 15) is 0 Å². The van der Waals surface area contributed by atoms with Gasteiger partial charge in [-0.15, -0.1) is 22.7 Å². The van der Waals surface area contributed by atoms with Crippen LogP contribution in [-0.2, 0) is 13.0 Å². The molecule has 0 unspecified atom stereocenters. The molecule has 3 heterocycles. The molecule has 3 aromatic heterocycles. The molecule has 0 radical (unpaired) electrons. The molecule has 0 saturated heterocycles. The van der Waals surface area contributed by atoms with E-state index in [-0.39, 0.29) is 11.3 Å². The fourth-order valence-corrected chi connectivity index (χ4v) is 5.22. The zero-order chi connectivity index (χ0) is 18.8. The van der Waals surface area contributed by atoms with Crippen molar-refractivity contribution in [3.8, 4) is 11.1 Å². The highest BCUT2D eigenvalue weighted by Crippen LogP contribution is 2.41. The average Bonchev–Trinajstić information content (AvgIpc) is 3.27. The molecule has 0 fully saturated rings. The van der Waals surface area contributed by atoms with Crippen molar-refractivity contribution in [3.05, 3.63) is 62.9 Å². The normalized spacial score (nSPS) is 12.4. The molecular formula is C20H19ClN4S2. The van der Waals surface area contributed by atoms with Gasteiger partial charge in [-0.3, -0.25) is 0 Å². The van der Waals surface area contributed by atoms with E-state index in [2.05, 4.69) is 38.9 Å². The number of nitrogens with one attached hydrogen (secondary N) is 1. The summed E-state index contributed by atoms with van der Waals surface area (Å²) in [5.74, 6) is 0.775. The molecule has 4 nitrogen and oxygen atoms in total. The van der Waals surface area contributed by atoms with Crippen LogP contribution in [0.4, 0.5) is 5.82 Å². The van der Waals surface area contributed by atoms with Crippen molar-refractivity contribution in [2.75, 3.05) is 5.32 Å². The Morgan fingerprint density at radius 2 is 1.96 bits per heavy atom. The van der Waals surface area contributed by atoms with Crippen LogP contribution in [0.25, 0.3) is 21.3 Å². The van der Waals surface area contributed by atoms with Gasteiger partial charge < -0.3 is 11.1 Å². The van der Waals surface area contributed by atoms with Crippen molar-refractivity contribution >= 4 is 50.3 Å². The van der Waals surface area contributed by atoms with E-state index in [4.69, 9.17) is 17.3 Å². The Bertz CT molecular complexity index is 1040. The topological polar surface area (TPSA) is 63.8 Å². The molecule has 0 spiro atoms. The summed E-state index contributed by atoms with van der Waals surface area (Å²) in [6, 6.07) is 14.5. The van der Waals surface area contributed by atoms with E-state index in [0.717, 1.165) is 33.6 Å². The Hall–Kier alpha value is -1.99. The molecular weight excluding hydrogens is 396 g/mol. The molecule has 3 N–H and O–H groups in total. The van der Waals surface area contributed by atoms with Gasteiger partial charge in [-0.25, -0.2) is 4.98 Å². The molecule has 138 valence electrons. The zero-order valence-electron chi connectivity index (χ0n) is 14.8. The summed E-state index contributed by atoms with van der Waals surface area (Å²) in [5.41, 5.74) is 9.23. The molecule has 0 aliphatic rings. The maximum atomic E-state index is 6.28. The van der Waals surface area contributed by atoms with Gasteiger partial charge in [0.25, 0.3) is 0 Å². The summed E-state index contributed by atoms with van der Waals surface area (Å²) in [5, 5.41) is 5.75. The molecule has 0 amide bonds. The van der Waals surface area contributed by atoms with Crippen molar-refractivity contribution in [2.45, 2.75) is 25.9 Å². The number of fused-ring (bicyclic) bond motifs is 1. The summed E-state index contributed by atoms with van der Waals surface area (Å²) < 4.78 is 1.02. The monoisotopic (exact) mass is 414 g/mol. The van der Waals surface area contributed by atoms with Gasteiger partial charge >= 0.3 is 0 Å². The second-order valence-corrected chi connectivity index (χ2v) is 8.88. The number of thiophene rings is 2. The van der Waals surface area contributed by atoms with Gasteiger partial charge in [0.1, 0.15) is 5.82 Å². The highest BCUT2D eigenvalue weighted by Gasteiger charge is 2.20. The number of nitrogens with zero attached hydrogens (tertiary/aromatic N) is 2. The molecule has 1 atom stereocenters. The van der Waals surface area contributed by atoms with E-state index in [1.807, 2.05) is 31.2 Å². The second kappa shape index (κ2) is 7.94. The minimum Gasteiger partial charge on any atom is -0.364 e. The molecule has 4 rings (SSSR count). The number of rotatable bonds is 6. The van der Waals surface area contributed by atoms with Crippen LogP contribution in [0.2, 0.25) is 5.28 Å². The van der Waals surface area contributed by atoms with Gasteiger partial charge in [0, 0.05) is 21.4 Å². The van der Waals surface area contributed by atoms with E-state index in [0.29, 0.717) is 6.54 Å². The molecule has 1 aromatic carbocycles. The maximum absolute atomic E-state index is 6.28. The first-order valence-electron chi connectivity index (χ1n) is 8.68. The molecule has 27 heavy (non-hydrogen) atoms. The quantitative estimate of drug-likeness (QED) is 0.404. The van der Waals surface area contributed by atoms with Crippen LogP contribution in [-0.4, -0.2) is 16.0 Å². The van der Waals surface area contributed by atoms with Crippen LogP contribution in [0.5, 0.6) is 0 Å². The Balaban J connectivity index is 1.84. The number of hydrogen-bond donors (Lipinski definition) is 2. The minimum absolute atomic E-state index is 0.0616. The van der Waals surface area contributed by atoms with Crippen molar-refractivity contribution in [1.82, 2.24) is 9.97 Å². The summed E-state index contributed by atoms with van der Waals surface area (Å²) in [6.45, 7) is 2.73. The maximum Gasteiger partial charge on any atom is 0.224 e. The van der Waals surface area contributed by atoms with E-state index in [1.165, 1.54) is 9.75 Å². The lowest BCUT2D eigenvalue weighted by atomic mass is 10.0. The van der Waals surface area contributed by atoms with Crippen LogP contribution < -0.4 is 11.1 Å². The van der Waals surface area contributed by atoms with Gasteiger partial charge in [0.15, 0.2) is 0 Å². The van der Waals surface area contributed by atoms with Crippen molar-refractivity contribution in [2.24, 2.45) is 5.73 Å². The lowest BCUT2D eigenvalue weighted by Crippen LogP contribution is -2.17. The SMILES string of the molecule is C[C@H](N)Cc1sc2c(NCc3cccs3)nc(Cl)nc2c1-c1ccccc1. The van der Waals surface area contributed by atoms with Gasteiger partial charge in [-0.1, -0.05) is 36.4 Å². The van der Waals surface area contributed by atoms with E-state index >= 15 is 0 Å². The highest BCUT2D eigenvalue weighted by molar-refractivity contribution is 7.20. The number of benzene rings is 1. The first-order valence-corrected chi connectivity index (χ1v) is 10.8. The standard InChI is InChI=1S/C20H19ClN4S2/c1-12(22)10-15-16(13-6-3-2-4-7-13)17-18(27-15)19(25-20(21)24-17)23-11-14-8-5-9-26-14/h2-9,12H,10-11,22H2,1H3,(H,23,24,25)/t12-/m0/s1. The minimum atomic E-state index is 0.0616. The Kier molecular flexibility index (Phi) is 5.41. The molecule has 0 aliphatic carbocycles. The highest BCUT2D eigenvalue weighted by atomic mass is 35.5. The van der Waals surface area contributed by atoms with Crippen molar-refractivity contribution in [3.63, 3.8) is 0 Å². The van der Waals surface area contributed by atoms with Crippen molar-refractivity contribution in [1.29, 1.82) is 0 Å². The fraction of sp³-hybridized carbons (Fsp3) is 0.200. The zero-order valence-corrected chi connectivity index (χ0v) is 17.2. The number of halogens is 1. The van der Waals surface area contributed by atoms with Crippen LogP contribution in [0, 0.1) is 0 Å². The number of hydrogen-bond acceptors (Lipinski definition) is 6. The smallest absolute Gasteiger partial charge is 0.224 e. The molecule has 0 saturated carbocycles. The lowest BCUT2D eigenvalue weighted by molar-refractivity contribution is 0.747. The fourth-order valence-electron chi connectivity index (χ4n) is 3.04. The summed E-state index contributed by atoms with van der Waals surface area (Å²) in [6.07, 6.45) is 0.785. The predicted octanol–water partition coefficient (Wildman–Crippen LogP) is 5.58. The Morgan fingerprint density at radius 3 is 2.67 bits per heavy atom. The van der Waals surface area contributed by atoms with Crippen molar-refractivity contribution < 1.29 is 0 Å². The van der Waals surface area contributed by atoms with Gasteiger partial charge in [0.2, 0.25) is 5.28 Å². The summed E-state index contributed by atoms with van der Waals surface area (Å²) >= 11 is 9.69. The molecule has 0 bridgehead atoms. The Labute approximate surface area is 171 Å². The van der Waals surface area contributed by atoms with Crippen LogP contribution >= 0.6 is 34.3 Å². The third kappa shape index (κ3) is 3.99. The lowest BCUT2D eigenvalue weighted by Gasteiger charge is -2.07. The molecule has 4 aromatic rings.